The second-order valence-corrected chi connectivity index (χ2v) is 7.81. The Labute approximate surface area is 203 Å². The third kappa shape index (κ3) is 7.91. The number of carbonyl (C=O) groups is 3. The van der Waals surface area contributed by atoms with Crippen LogP contribution in [0.25, 0.3) is 0 Å². The molecule has 0 aliphatic carbocycles. The van der Waals surface area contributed by atoms with Crippen molar-refractivity contribution in [1.29, 1.82) is 0 Å². The zero-order valence-electron chi connectivity index (χ0n) is 20.1. The Kier molecular flexibility index (Phi) is 10.4. The number of carbonyl (C=O) groups excluding carboxylic acids is 2. The van der Waals surface area contributed by atoms with Gasteiger partial charge in [0.15, 0.2) is 6.10 Å². The van der Waals surface area contributed by atoms with Crippen LogP contribution in [-0.4, -0.2) is 110 Å². The Hall–Kier alpha value is -3.23. The standard InChI is InChI=1S/C21H31BN2O11/c1-4-31-13-6-5-12(11-32-20(29)23(2)7-8-24(3)21(30)35-22)15(9-13)33-16-10-14(25)17(26)18(34-16)19(27)28/h5-6,9,14,16-18,25-26H,4,7-8,10-11,22H2,1-3H3,(H,27,28)/t14-,16-,17+,18+/m1/s1. The van der Waals surface area contributed by atoms with Crippen LogP contribution in [0.1, 0.15) is 18.9 Å². The first-order valence-corrected chi connectivity index (χ1v) is 10.9. The summed E-state index contributed by atoms with van der Waals surface area (Å²) in [5.74, 6) is -0.802. The Balaban J connectivity index is 2.07. The molecule has 1 aliphatic heterocycles. The lowest BCUT2D eigenvalue weighted by atomic mass is 10.0. The minimum absolute atomic E-state index is 0.181. The maximum Gasteiger partial charge on any atom is 0.409 e. The molecular weight excluding hydrogens is 467 g/mol. The highest BCUT2D eigenvalue weighted by Gasteiger charge is 2.42. The van der Waals surface area contributed by atoms with Gasteiger partial charge in [0, 0.05) is 45.2 Å². The van der Waals surface area contributed by atoms with Crippen molar-refractivity contribution in [2.45, 2.75) is 44.6 Å². The Morgan fingerprint density at radius 2 is 1.80 bits per heavy atom. The third-order valence-corrected chi connectivity index (χ3v) is 5.21. The van der Waals surface area contributed by atoms with Gasteiger partial charge in [-0.05, 0) is 19.1 Å². The number of nitrogens with zero attached hydrogens (tertiary/aromatic N) is 2. The minimum atomic E-state index is -1.67. The molecule has 3 N–H and O–H groups in total. The number of amides is 2. The van der Waals surface area contributed by atoms with Crippen molar-refractivity contribution in [3.8, 4) is 11.5 Å². The van der Waals surface area contributed by atoms with Gasteiger partial charge in [0.1, 0.15) is 24.2 Å². The number of carboxylic acids is 1. The molecule has 0 bridgehead atoms. The van der Waals surface area contributed by atoms with Crippen LogP contribution in [-0.2, 0) is 25.5 Å². The molecule has 1 fully saturated rings. The lowest BCUT2D eigenvalue weighted by Gasteiger charge is -2.35. The van der Waals surface area contributed by atoms with E-state index in [1.807, 2.05) is 0 Å². The highest BCUT2D eigenvalue weighted by atomic mass is 16.7. The SMILES string of the molecule is BOC(=O)N(C)CCN(C)C(=O)OCc1ccc(OCC)cc1O[C@H]1C[C@@H](O)[C@H](O)[C@@H](C(=O)O)O1. The van der Waals surface area contributed by atoms with Crippen LogP contribution in [0.15, 0.2) is 18.2 Å². The van der Waals surface area contributed by atoms with Gasteiger partial charge >= 0.3 is 26.2 Å². The number of likely N-dealkylation sites (N-methyl/N-ethyl adjacent to an activating group) is 2. The van der Waals surface area contributed by atoms with Crippen LogP contribution < -0.4 is 9.47 Å². The van der Waals surface area contributed by atoms with E-state index in [9.17, 15) is 29.7 Å². The lowest BCUT2D eigenvalue weighted by molar-refractivity contribution is -0.228. The fraction of sp³-hybridized carbons (Fsp3) is 0.571. The zero-order valence-corrected chi connectivity index (χ0v) is 20.1. The molecule has 0 saturated carbocycles. The van der Waals surface area contributed by atoms with E-state index in [0.29, 0.717) is 17.9 Å². The maximum absolute atomic E-state index is 12.4. The summed E-state index contributed by atoms with van der Waals surface area (Å²) in [5.41, 5.74) is 0.429. The van der Waals surface area contributed by atoms with Gasteiger partial charge in [0.05, 0.1) is 12.7 Å². The third-order valence-electron chi connectivity index (χ3n) is 5.21. The van der Waals surface area contributed by atoms with Crippen molar-refractivity contribution in [3.05, 3.63) is 23.8 Å². The number of ether oxygens (including phenoxy) is 4. The van der Waals surface area contributed by atoms with Crippen LogP contribution in [0.5, 0.6) is 11.5 Å². The van der Waals surface area contributed by atoms with Crippen molar-refractivity contribution in [1.82, 2.24) is 9.80 Å². The molecule has 194 valence electrons. The van der Waals surface area contributed by atoms with E-state index in [2.05, 4.69) is 4.65 Å². The summed E-state index contributed by atoms with van der Waals surface area (Å²) in [5, 5.41) is 29.1. The summed E-state index contributed by atoms with van der Waals surface area (Å²) in [7, 11) is 4.31. The van der Waals surface area contributed by atoms with Crippen LogP contribution in [0.4, 0.5) is 9.59 Å². The molecule has 2 amide bonds. The van der Waals surface area contributed by atoms with E-state index in [4.69, 9.17) is 18.9 Å². The number of hydrogen-bond donors (Lipinski definition) is 3. The average Bonchev–Trinajstić information content (AvgIpc) is 2.83. The fourth-order valence-corrected chi connectivity index (χ4v) is 3.17. The summed E-state index contributed by atoms with van der Waals surface area (Å²) in [6, 6.07) is 4.79. The number of aliphatic hydroxyl groups excluding tert-OH is 2. The number of aliphatic hydroxyl groups is 2. The molecule has 2 rings (SSSR count). The molecule has 1 aliphatic rings. The van der Waals surface area contributed by atoms with E-state index < -0.39 is 42.8 Å². The minimum Gasteiger partial charge on any atom is -0.528 e. The molecule has 4 atom stereocenters. The Bertz CT molecular complexity index is 887. The molecule has 0 spiro atoms. The van der Waals surface area contributed by atoms with Gasteiger partial charge in [-0.25, -0.2) is 14.4 Å². The average molecular weight is 498 g/mol. The normalized spacial score (nSPS) is 21.5. The summed E-state index contributed by atoms with van der Waals surface area (Å²) in [6.45, 7) is 2.41. The van der Waals surface area contributed by atoms with Gasteiger partial charge in [-0.2, -0.15) is 0 Å². The smallest absolute Gasteiger partial charge is 0.409 e. The predicted octanol–water partition coefficient (Wildman–Crippen LogP) is -0.430. The quantitative estimate of drug-likeness (QED) is 0.359. The maximum atomic E-state index is 12.4. The van der Waals surface area contributed by atoms with E-state index in [0.717, 1.165) is 0 Å². The fourth-order valence-electron chi connectivity index (χ4n) is 3.17. The van der Waals surface area contributed by atoms with Crippen LogP contribution in [0.2, 0.25) is 0 Å². The number of carboxylic acid groups (broad SMARTS) is 1. The molecular formula is C21H31BN2O11. The molecule has 14 heteroatoms. The molecule has 0 aromatic heterocycles. The second-order valence-electron chi connectivity index (χ2n) is 7.81. The number of aliphatic carboxylic acids is 1. The molecule has 0 unspecified atom stereocenters. The van der Waals surface area contributed by atoms with E-state index >= 15 is 0 Å². The van der Waals surface area contributed by atoms with Crippen LogP contribution in [0, 0.1) is 0 Å². The van der Waals surface area contributed by atoms with E-state index in [1.54, 1.807) is 19.1 Å². The summed E-state index contributed by atoms with van der Waals surface area (Å²) in [4.78, 5) is 37.8. The first-order chi connectivity index (χ1) is 16.6. The topological polar surface area (TPSA) is 165 Å². The highest BCUT2D eigenvalue weighted by molar-refractivity contribution is 6.04. The van der Waals surface area contributed by atoms with Crippen LogP contribution >= 0.6 is 0 Å². The summed E-state index contributed by atoms with van der Waals surface area (Å²) in [6.07, 6.45) is -7.19. The molecule has 13 nitrogen and oxygen atoms in total. The molecule has 35 heavy (non-hydrogen) atoms. The second kappa shape index (κ2) is 13.0. The lowest BCUT2D eigenvalue weighted by Crippen LogP contribution is -2.53. The van der Waals surface area contributed by atoms with E-state index in [1.165, 1.54) is 38.0 Å². The molecule has 1 aromatic rings. The van der Waals surface area contributed by atoms with Crippen LogP contribution in [0.3, 0.4) is 0 Å². The molecule has 1 saturated heterocycles. The van der Waals surface area contributed by atoms with Gasteiger partial charge < -0.3 is 48.7 Å². The first-order valence-electron chi connectivity index (χ1n) is 10.9. The Morgan fingerprint density at radius 3 is 2.40 bits per heavy atom. The van der Waals surface area contributed by atoms with Gasteiger partial charge in [-0.3, -0.25) is 0 Å². The number of rotatable bonds is 10. The van der Waals surface area contributed by atoms with Gasteiger partial charge in [0.25, 0.3) is 0 Å². The van der Waals surface area contributed by atoms with Crippen molar-refractivity contribution >= 4 is 26.2 Å². The summed E-state index contributed by atoms with van der Waals surface area (Å²) >= 11 is 0. The Morgan fingerprint density at radius 1 is 1.14 bits per heavy atom. The van der Waals surface area contributed by atoms with Gasteiger partial charge in [-0.1, -0.05) is 0 Å². The molecule has 0 radical (unpaired) electrons. The zero-order chi connectivity index (χ0) is 26.1. The summed E-state index contributed by atoms with van der Waals surface area (Å²) < 4.78 is 26.5. The van der Waals surface area contributed by atoms with Crippen molar-refractivity contribution in [2.75, 3.05) is 33.8 Å². The van der Waals surface area contributed by atoms with Crippen molar-refractivity contribution in [3.63, 3.8) is 0 Å². The van der Waals surface area contributed by atoms with Crippen molar-refractivity contribution < 1.29 is 53.3 Å². The number of benzene rings is 1. The largest absolute Gasteiger partial charge is 0.528 e. The van der Waals surface area contributed by atoms with Gasteiger partial charge in [0.2, 0.25) is 6.29 Å². The number of hydrogen-bond acceptors (Lipinski definition) is 10. The molecule has 1 heterocycles. The first kappa shape index (κ1) is 28.0. The van der Waals surface area contributed by atoms with Gasteiger partial charge in [-0.15, -0.1) is 0 Å². The predicted molar refractivity (Wildman–Crippen MR) is 122 cm³/mol. The van der Waals surface area contributed by atoms with E-state index in [-0.39, 0.29) is 31.9 Å². The monoisotopic (exact) mass is 498 g/mol. The van der Waals surface area contributed by atoms with Crippen molar-refractivity contribution in [2.24, 2.45) is 0 Å². The molecule has 1 aromatic carbocycles. The highest BCUT2D eigenvalue weighted by Crippen LogP contribution is 2.30.